The average molecular weight is 280 g/mol. The van der Waals surface area contributed by atoms with E-state index in [0.29, 0.717) is 5.56 Å². The van der Waals surface area contributed by atoms with Crippen molar-refractivity contribution in [3.05, 3.63) is 27.5 Å². The Bertz CT molecular complexity index is 396. The minimum atomic E-state index is -2.73. The van der Waals surface area contributed by atoms with Crippen molar-refractivity contribution >= 4 is 21.9 Å². The number of hydrogen-bond donors (Lipinski definition) is 0. The van der Waals surface area contributed by atoms with Crippen LogP contribution in [0.25, 0.3) is 0 Å². The molecule has 82 valence electrons. The Morgan fingerprint density at radius 3 is 2.67 bits per heavy atom. The van der Waals surface area contributed by atoms with E-state index in [9.17, 15) is 13.6 Å². The van der Waals surface area contributed by atoms with Crippen molar-refractivity contribution in [2.75, 3.05) is 7.11 Å². The number of rotatable bonds is 2. The maximum Gasteiger partial charge on any atom is 0.356 e. The van der Waals surface area contributed by atoms with Crippen LogP contribution in [0.15, 0.2) is 10.5 Å². The summed E-state index contributed by atoms with van der Waals surface area (Å²) >= 11 is 2.96. The molecule has 6 heteroatoms. The van der Waals surface area contributed by atoms with Gasteiger partial charge in [-0.15, -0.1) is 0 Å². The smallest absolute Gasteiger partial charge is 0.356 e. The number of ether oxygens (including phenoxy) is 1. The van der Waals surface area contributed by atoms with Crippen LogP contribution >= 0.6 is 15.9 Å². The minimum absolute atomic E-state index is 0.0870. The molecular formula is C9H8BrF2NO2. The summed E-state index contributed by atoms with van der Waals surface area (Å²) in [5.41, 5.74) is -0.0601. The van der Waals surface area contributed by atoms with Crippen molar-refractivity contribution < 1.29 is 18.3 Å². The Hall–Kier alpha value is -1.04. The van der Waals surface area contributed by atoms with Gasteiger partial charge < -0.3 is 4.74 Å². The molecule has 15 heavy (non-hydrogen) atoms. The summed E-state index contributed by atoms with van der Waals surface area (Å²) in [5, 5.41) is 0. The van der Waals surface area contributed by atoms with Crippen molar-refractivity contribution in [2.24, 2.45) is 0 Å². The first-order chi connectivity index (χ1) is 6.97. The van der Waals surface area contributed by atoms with Crippen LogP contribution in [0, 0.1) is 6.92 Å². The third kappa shape index (κ3) is 2.50. The van der Waals surface area contributed by atoms with Crippen LogP contribution in [0.5, 0.6) is 0 Å². The Kier molecular flexibility index (Phi) is 3.73. The van der Waals surface area contributed by atoms with Gasteiger partial charge in [-0.3, -0.25) is 0 Å². The fourth-order valence-electron chi connectivity index (χ4n) is 1.05. The molecule has 0 aliphatic rings. The number of alkyl halides is 2. The van der Waals surface area contributed by atoms with Gasteiger partial charge in [-0.1, -0.05) is 0 Å². The van der Waals surface area contributed by atoms with E-state index in [4.69, 9.17) is 0 Å². The van der Waals surface area contributed by atoms with Crippen LogP contribution < -0.4 is 0 Å². The van der Waals surface area contributed by atoms with Crippen LogP contribution in [0.2, 0.25) is 0 Å². The number of carbonyl (C=O) groups is 1. The molecule has 1 heterocycles. The molecule has 0 radical (unpaired) electrons. The number of carbonyl (C=O) groups excluding carboxylic acids is 1. The maximum absolute atomic E-state index is 12.5. The molecule has 0 unspecified atom stereocenters. The van der Waals surface area contributed by atoms with Crippen LogP contribution in [0.4, 0.5) is 8.78 Å². The number of hydrogen-bond acceptors (Lipinski definition) is 3. The summed E-state index contributed by atoms with van der Waals surface area (Å²) in [6, 6.07) is 1.42. The van der Waals surface area contributed by atoms with Gasteiger partial charge in [0, 0.05) is 4.47 Å². The molecule has 0 saturated carbocycles. The van der Waals surface area contributed by atoms with Crippen molar-refractivity contribution in [1.82, 2.24) is 4.98 Å². The highest BCUT2D eigenvalue weighted by molar-refractivity contribution is 9.10. The third-order valence-electron chi connectivity index (χ3n) is 1.78. The van der Waals surface area contributed by atoms with E-state index >= 15 is 0 Å². The SMILES string of the molecule is COC(=O)c1nc(C(F)F)c(Br)cc1C. The molecule has 0 atom stereocenters. The van der Waals surface area contributed by atoms with E-state index in [1.165, 1.54) is 13.2 Å². The zero-order chi connectivity index (χ0) is 11.6. The molecule has 1 aromatic rings. The first kappa shape index (κ1) is 12.0. The molecule has 1 aromatic heterocycles. The summed E-state index contributed by atoms with van der Waals surface area (Å²) < 4.78 is 29.5. The fourth-order valence-corrected chi connectivity index (χ4v) is 1.66. The van der Waals surface area contributed by atoms with E-state index in [2.05, 4.69) is 25.7 Å². The lowest BCUT2D eigenvalue weighted by molar-refractivity contribution is 0.0591. The van der Waals surface area contributed by atoms with Gasteiger partial charge in [-0.25, -0.2) is 18.6 Å². The van der Waals surface area contributed by atoms with Gasteiger partial charge in [0.2, 0.25) is 0 Å². The fraction of sp³-hybridized carbons (Fsp3) is 0.333. The lowest BCUT2D eigenvalue weighted by Gasteiger charge is -2.07. The van der Waals surface area contributed by atoms with Gasteiger partial charge >= 0.3 is 5.97 Å². The van der Waals surface area contributed by atoms with Crippen molar-refractivity contribution in [1.29, 1.82) is 0 Å². The zero-order valence-corrected chi connectivity index (χ0v) is 9.64. The number of aromatic nitrogens is 1. The van der Waals surface area contributed by atoms with Crippen LogP contribution in [-0.2, 0) is 4.74 Å². The van der Waals surface area contributed by atoms with E-state index in [1.54, 1.807) is 6.92 Å². The number of pyridine rings is 1. The maximum atomic E-state index is 12.5. The highest BCUT2D eigenvalue weighted by atomic mass is 79.9. The second-order valence-corrected chi connectivity index (χ2v) is 3.67. The number of aryl methyl sites for hydroxylation is 1. The highest BCUT2D eigenvalue weighted by Crippen LogP contribution is 2.27. The zero-order valence-electron chi connectivity index (χ0n) is 8.05. The minimum Gasteiger partial charge on any atom is -0.464 e. The quantitative estimate of drug-likeness (QED) is 0.782. The van der Waals surface area contributed by atoms with Gasteiger partial charge in [0.25, 0.3) is 6.43 Å². The van der Waals surface area contributed by atoms with E-state index in [-0.39, 0.29) is 10.2 Å². The molecule has 0 aromatic carbocycles. The van der Waals surface area contributed by atoms with Crippen molar-refractivity contribution in [3.8, 4) is 0 Å². The van der Waals surface area contributed by atoms with Gasteiger partial charge in [-0.2, -0.15) is 0 Å². The van der Waals surface area contributed by atoms with Gasteiger partial charge in [0.15, 0.2) is 5.69 Å². The molecule has 0 spiro atoms. The molecule has 0 bridgehead atoms. The predicted octanol–water partition coefficient (Wildman–Crippen LogP) is 2.88. The van der Waals surface area contributed by atoms with Gasteiger partial charge in [0.1, 0.15) is 5.69 Å². The predicted molar refractivity (Wildman–Crippen MR) is 53.0 cm³/mol. The Morgan fingerprint density at radius 1 is 1.60 bits per heavy atom. The second kappa shape index (κ2) is 4.65. The first-order valence-corrected chi connectivity index (χ1v) is 4.80. The van der Waals surface area contributed by atoms with Crippen LogP contribution in [0.1, 0.15) is 28.2 Å². The number of esters is 1. The normalized spacial score (nSPS) is 10.5. The third-order valence-corrected chi connectivity index (χ3v) is 2.41. The average Bonchev–Trinajstić information content (AvgIpc) is 2.16. The highest BCUT2D eigenvalue weighted by Gasteiger charge is 2.19. The molecular weight excluding hydrogens is 272 g/mol. The molecule has 0 aliphatic carbocycles. The first-order valence-electron chi connectivity index (χ1n) is 4.01. The molecule has 0 N–H and O–H groups in total. The molecule has 0 amide bonds. The van der Waals surface area contributed by atoms with E-state index < -0.39 is 18.1 Å². The lowest BCUT2D eigenvalue weighted by Crippen LogP contribution is -2.09. The summed E-state index contributed by atoms with van der Waals surface area (Å²) in [7, 11) is 1.17. The summed E-state index contributed by atoms with van der Waals surface area (Å²) in [6.07, 6.45) is -2.73. The summed E-state index contributed by atoms with van der Waals surface area (Å²) in [5.74, 6) is -0.720. The monoisotopic (exact) mass is 279 g/mol. The lowest BCUT2D eigenvalue weighted by atomic mass is 10.2. The number of methoxy groups -OCH3 is 1. The molecule has 1 rings (SSSR count). The molecule has 3 nitrogen and oxygen atoms in total. The van der Waals surface area contributed by atoms with Crippen molar-refractivity contribution in [3.63, 3.8) is 0 Å². The number of halogens is 3. The van der Waals surface area contributed by atoms with Crippen LogP contribution in [0.3, 0.4) is 0 Å². The Balaban J connectivity index is 3.29. The Morgan fingerprint density at radius 2 is 2.20 bits per heavy atom. The largest absolute Gasteiger partial charge is 0.464 e. The molecule has 0 fully saturated rings. The summed E-state index contributed by atoms with van der Waals surface area (Å²) in [6.45, 7) is 1.60. The molecule has 0 saturated heterocycles. The topological polar surface area (TPSA) is 39.2 Å². The van der Waals surface area contributed by atoms with Crippen molar-refractivity contribution in [2.45, 2.75) is 13.3 Å². The van der Waals surface area contributed by atoms with Gasteiger partial charge in [-0.05, 0) is 34.5 Å². The summed E-state index contributed by atoms with van der Waals surface area (Å²) in [4.78, 5) is 14.7. The standard InChI is InChI=1S/C9H8BrF2NO2/c1-4-3-5(10)7(8(11)12)13-6(4)9(14)15-2/h3,8H,1-2H3. The van der Waals surface area contributed by atoms with Crippen LogP contribution in [-0.4, -0.2) is 18.1 Å². The van der Waals surface area contributed by atoms with E-state index in [0.717, 1.165) is 0 Å². The Labute approximate surface area is 93.6 Å². The van der Waals surface area contributed by atoms with Gasteiger partial charge in [0.05, 0.1) is 7.11 Å². The number of nitrogens with zero attached hydrogens (tertiary/aromatic N) is 1. The second-order valence-electron chi connectivity index (χ2n) is 2.81. The molecule has 0 aliphatic heterocycles. The van der Waals surface area contributed by atoms with E-state index in [1.807, 2.05) is 0 Å².